The molecule has 0 aliphatic rings. The van der Waals surface area contributed by atoms with Crippen LogP contribution in [0.2, 0.25) is 0 Å². The molecule has 0 saturated carbocycles. The predicted molar refractivity (Wildman–Crippen MR) is 51.5 cm³/mol. The first kappa shape index (κ1) is 9.01. The Kier molecular flexibility index (Phi) is 2.66. The van der Waals surface area contributed by atoms with Gasteiger partial charge in [-0.2, -0.15) is 0 Å². The maximum absolute atomic E-state index is 6.85. The number of rotatable bonds is 2. The largest absolute Gasteiger partial charge is 0.354 e. The molecule has 1 heterocycles. The van der Waals surface area contributed by atoms with Gasteiger partial charge < -0.3 is 9.74 Å². The van der Waals surface area contributed by atoms with Crippen molar-refractivity contribution in [3.05, 3.63) is 22.5 Å². The van der Waals surface area contributed by atoms with Gasteiger partial charge in [-0.25, -0.2) is 11.6 Å². The number of thiazole rings is 1. The Labute approximate surface area is 76.5 Å². The zero-order chi connectivity index (χ0) is 9.14. The maximum Gasteiger partial charge on any atom is 0.256 e. The molecule has 0 bridgehead atoms. The molecule has 1 unspecified atom stereocenters. The third-order valence-electron chi connectivity index (χ3n) is 1.50. The summed E-state index contributed by atoms with van der Waals surface area (Å²) in [5.41, 5.74) is 0. The van der Waals surface area contributed by atoms with E-state index in [9.17, 15) is 0 Å². The summed E-state index contributed by atoms with van der Waals surface area (Å²) in [7, 11) is 3.90. The summed E-state index contributed by atoms with van der Waals surface area (Å²) in [6.07, 6.45) is 1.78. The van der Waals surface area contributed by atoms with E-state index >= 15 is 0 Å². The van der Waals surface area contributed by atoms with Gasteiger partial charge in [0, 0.05) is 21.0 Å². The van der Waals surface area contributed by atoms with Gasteiger partial charge in [0.25, 0.3) is 6.04 Å². The molecule has 0 amide bonds. The molecule has 1 atom stereocenters. The van der Waals surface area contributed by atoms with Crippen molar-refractivity contribution in [3.8, 4) is 0 Å². The standard InChI is InChI=1S/C8H11N3S/c1-6(9-2)7-5-10-8(12-7)11(3)4/h5-6H,1,3-4H3. The van der Waals surface area contributed by atoms with E-state index in [0.29, 0.717) is 0 Å². The first-order valence-corrected chi connectivity index (χ1v) is 4.46. The van der Waals surface area contributed by atoms with Crippen molar-refractivity contribution in [2.45, 2.75) is 13.0 Å². The second-order valence-corrected chi connectivity index (χ2v) is 3.79. The highest BCUT2D eigenvalue weighted by molar-refractivity contribution is 7.15. The monoisotopic (exact) mass is 181 g/mol. The topological polar surface area (TPSA) is 20.5 Å². The van der Waals surface area contributed by atoms with Crippen LogP contribution in [0, 0.1) is 6.57 Å². The van der Waals surface area contributed by atoms with E-state index in [2.05, 4.69) is 9.83 Å². The molecular weight excluding hydrogens is 170 g/mol. The van der Waals surface area contributed by atoms with Crippen LogP contribution >= 0.6 is 11.3 Å². The summed E-state index contributed by atoms with van der Waals surface area (Å²) >= 11 is 1.57. The van der Waals surface area contributed by atoms with Crippen LogP contribution in [-0.4, -0.2) is 19.1 Å². The Morgan fingerprint density at radius 2 is 2.33 bits per heavy atom. The molecule has 12 heavy (non-hydrogen) atoms. The molecule has 64 valence electrons. The fourth-order valence-electron chi connectivity index (χ4n) is 0.740. The quantitative estimate of drug-likeness (QED) is 0.652. The van der Waals surface area contributed by atoms with Gasteiger partial charge in [0.1, 0.15) is 4.88 Å². The van der Waals surface area contributed by atoms with E-state index in [1.54, 1.807) is 17.5 Å². The van der Waals surface area contributed by atoms with Crippen molar-refractivity contribution in [3.63, 3.8) is 0 Å². The highest BCUT2D eigenvalue weighted by atomic mass is 32.1. The number of hydrogen-bond donors (Lipinski definition) is 0. The summed E-state index contributed by atoms with van der Waals surface area (Å²) in [6.45, 7) is 8.74. The summed E-state index contributed by atoms with van der Waals surface area (Å²) < 4.78 is 0. The first-order valence-electron chi connectivity index (χ1n) is 3.64. The van der Waals surface area contributed by atoms with Crippen LogP contribution in [0.25, 0.3) is 4.85 Å². The van der Waals surface area contributed by atoms with E-state index in [4.69, 9.17) is 6.57 Å². The average molecular weight is 181 g/mol. The fourth-order valence-corrected chi connectivity index (χ4v) is 1.57. The molecule has 0 spiro atoms. The van der Waals surface area contributed by atoms with Crippen molar-refractivity contribution in [2.24, 2.45) is 0 Å². The lowest BCUT2D eigenvalue weighted by molar-refractivity contribution is 0.983. The number of nitrogens with zero attached hydrogens (tertiary/aromatic N) is 3. The van der Waals surface area contributed by atoms with Gasteiger partial charge in [0.2, 0.25) is 0 Å². The second kappa shape index (κ2) is 3.55. The average Bonchev–Trinajstić information content (AvgIpc) is 2.51. The smallest absolute Gasteiger partial charge is 0.256 e. The molecule has 1 aromatic rings. The molecule has 0 saturated heterocycles. The summed E-state index contributed by atoms with van der Waals surface area (Å²) in [5.74, 6) is 0. The third kappa shape index (κ3) is 1.74. The number of anilines is 1. The molecule has 1 rings (SSSR count). The van der Waals surface area contributed by atoms with Gasteiger partial charge in [-0.3, -0.25) is 0 Å². The van der Waals surface area contributed by atoms with Crippen LogP contribution in [0.4, 0.5) is 5.13 Å². The van der Waals surface area contributed by atoms with Crippen LogP contribution in [0.15, 0.2) is 6.20 Å². The van der Waals surface area contributed by atoms with Gasteiger partial charge >= 0.3 is 0 Å². The lowest BCUT2D eigenvalue weighted by atomic mass is 10.3. The van der Waals surface area contributed by atoms with Gasteiger partial charge in [0.05, 0.1) is 6.20 Å². The molecule has 0 fully saturated rings. The summed E-state index contributed by atoms with van der Waals surface area (Å²) in [4.78, 5) is 10.6. The van der Waals surface area contributed by atoms with Crippen LogP contribution in [0.3, 0.4) is 0 Å². The lowest BCUT2D eigenvalue weighted by Crippen LogP contribution is -2.07. The number of aromatic nitrogens is 1. The summed E-state index contributed by atoms with van der Waals surface area (Å²) in [6, 6.07) is -0.0591. The highest BCUT2D eigenvalue weighted by Crippen LogP contribution is 2.27. The van der Waals surface area contributed by atoms with E-state index in [-0.39, 0.29) is 6.04 Å². The maximum atomic E-state index is 6.85. The summed E-state index contributed by atoms with van der Waals surface area (Å²) in [5, 5.41) is 0.959. The van der Waals surface area contributed by atoms with E-state index < -0.39 is 0 Å². The van der Waals surface area contributed by atoms with Crippen molar-refractivity contribution < 1.29 is 0 Å². The molecule has 3 nitrogen and oxygen atoms in total. The predicted octanol–water partition coefficient (Wildman–Crippen LogP) is 2.19. The first-order chi connectivity index (χ1) is 5.65. The minimum Gasteiger partial charge on any atom is -0.354 e. The zero-order valence-corrected chi connectivity index (χ0v) is 8.22. The third-order valence-corrected chi connectivity index (χ3v) is 2.83. The highest BCUT2D eigenvalue weighted by Gasteiger charge is 2.13. The Morgan fingerprint density at radius 1 is 1.67 bits per heavy atom. The normalized spacial score (nSPS) is 12.2. The van der Waals surface area contributed by atoms with Crippen molar-refractivity contribution in [1.29, 1.82) is 0 Å². The van der Waals surface area contributed by atoms with Crippen LogP contribution in [-0.2, 0) is 0 Å². The van der Waals surface area contributed by atoms with Crippen molar-refractivity contribution in [1.82, 2.24) is 4.98 Å². The Balaban J connectivity index is 2.86. The molecule has 0 aromatic carbocycles. The zero-order valence-electron chi connectivity index (χ0n) is 7.40. The van der Waals surface area contributed by atoms with Gasteiger partial charge in [0.15, 0.2) is 5.13 Å². The molecule has 0 radical (unpaired) electrons. The molecule has 0 aliphatic carbocycles. The Hall–Kier alpha value is -1.08. The Bertz CT molecular complexity index is 297. The fraction of sp³-hybridized carbons (Fsp3) is 0.500. The molecule has 4 heteroatoms. The van der Waals surface area contributed by atoms with Crippen LogP contribution in [0.5, 0.6) is 0 Å². The van der Waals surface area contributed by atoms with Crippen LogP contribution < -0.4 is 4.90 Å². The molecule has 0 N–H and O–H groups in total. The SMILES string of the molecule is [C-]#[N+]C(C)c1cnc(N(C)C)s1. The minimum atomic E-state index is -0.0591. The van der Waals surface area contributed by atoms with Gasteiger partial charge in [-0.1, -0.05) is 11.3 Å². The number of hydrogen-bond acceptors (Lipinski definition) is 3. The van der Waals surface area contributed by atoms with Crippen molar-refractivity contribution in [2.75, 3.05) is 19.0 Å². The van der Waals surface area contributed by atoms with Gasteiger partial charge in [-0.15, -0.1) is 0 Å². The van der Waals surface area contributed by atoms with E-state index in [1.807, 2.05) is 25.9 Å². The molecule has 0 aliphatic heterocycles. The lowest BCUT2D eigenvalue weighted by Gasteiger charge is -2.04. The Morgan fingerprint density at radius 3 is 2.75 bits per heavy atom. The minimum absolute atomic E-state index is 0.0591. The van der Waals surface area contributed by atoms with E-state index in [0.717, 1.165) is 10.0 Å². The van der Waals surface area contributed by atoms with E-state index in [1.165, 1.54) is 0 Å². The van der Waals surface area contributed by atoms with Gasteiger partial charge in [-0.05, 0) is 0 Å². The second-order valence-electron chi connectivity index (χ2n) is 2.74. The molecular formula is C8H11N3S. The van der Waals surface area contributed by atoms with Crippen molar-refractivity contribution >= 4 is 16.5 Å². The van der Waals surface area contributed by atoms with Crippen LogP contribution in [0.1, 0.15) is 17.8 Å². The molecule has 1 aromatic heterocycles.